The Morgan fingerprint density at radius 1 is 1.06 bits per heavy atom. The maximum atomic E-state index is 13.2. The van der Waals surface area contributed by atoms with Gasteiger partial charge in [-0.25, -0.2) is 9.59 Å². The summed E-state index contributed by atoms with van der Waals surface area (Å²) >= 11 is 0. The number of hydrogen-bond donors (Lipinski definition) is 3. The van der Waals surface area contributed by atoms with Gasteiger partial charge in [0.05, 0.1) is 5.71 Å². The minimum Gasteiger partial charge on any atom is -0.478 e. The van der Waals surface area contributed by atoms with Crippen molar-refractivity contribution in [3.05, 3.63) is 12.2 Å². The predicted octanol–water partition coefficient (Wildman–Crippen LogP) is 2.82. The summed E-state index contributed by atoms with van der Waals surface area (Å²) in [5, 5.41) is 19.9. The Labute approximate surface area is 199 Å². The lowest BCUT2D eigenvalue weighted by molar-refractivity contribution is -0.154. The summed E-state index contributed by atoms with van der Waals surface area (Å²) in [6.07, 6.45) is 8.25. The number of carboxylic acids is 2. The largest absolute Gasteiger partial charge is 0.478 e. The first-order valence-electron chi connectivity index (χ1n) is 12.1. The average molecular weight is 477 g/mol. The first kappa shape index (κ1) is 26.1. The van der Waals surface area contributed by atoms with Gasteiger partial charge in [-0.2, -0.15) is 0 Å². The number of hydrogen-bond acceptors (Lipinski definition) is 7. The van der Waals surface area contributed by atoms with Gasteiger partial charge in [0.15, 0.2) is 0 Å². The minimum absolute atomic E-state index is 0.105. The molecule has 0 heterocycles. The molecule has 0 spiro atoms. The van der Waals surface area contributed by atoms with Gasteiger partial charge in [0, 0.05) is 42.9 Å². The molecule has 188 valence electrons. The number of rotatable bonds is 5. The standard InChI is InChI=1S/C21H32N2O3.C4H4O4/c1-20-7-5-14(23-26-10-9-22)11-13(20)12-17(24)19-15-3-4-18(25)21(15,2)8-6-16(19)20;5-3(6)1-2-4(7)8/h13,15-16,19H,3-12,22H2,1-2H3;1-2H,(H,5,6)(H,7,8)/b23-14-;2-1+/t13?,15-,16-,19-,20-,21-;/m0./s1. The summed E-state index contributed by atoms with van der Waals surface area (Å²) < 4.78 is 0. The molecule has 0 bridgehead atoms. The minimum atomic E-state index is -1.26. The number of carbonyl (C=O) groups excluding carboxylic acids is 2. The molecule has 1 unspecified atom stereocenters. The molecule has 4 aliphatic carbocycles. The lowest BCUT2D eigenvalue weighted by Crippen LogP contribution is -2.57. The fourth-order valence-electron chi connectivity index (χ4n) is 6.93. The van der Waals surface area contributed by atoms with Crippen LogP contribution in [-0.4, -0.2) is 52.6 Å². The number of Topliss-reactive ketones (excluding diaryl/α,β-unsaturated/α-hetero) is 2. The summed E-state index contributed by atoms with van der Waals surface area (Å²) in [5.74, 6) is -0.519. The summed E-state index contributed by atoms with van der Waals surface area (Å²) in [7, 11) is 0. The zero-order valence-corrected chi connectivity index (χ0v) is 20.0. The Kier molecular flexibility index (Phi) is 7.95. The van der Waals surface area contributed by atoms with E-state index in [9.17, 15) is 19.2 Å². The fraction of sp³-hybridized carbons (Fsp3) is 0.720. The smallest absolute Gasteiger partial charge is 0.328 e. The summed E-state index contributed by atoms with van der Waals surface area (Å²) in [4.78, 5) is 50.1. The van der Waals surface area contributed by atoms with E-state index in [4.69, 9.17) is 20.8 Å². The number of carboxylic acid groups (broad SMARTS) is 2. The Bertz CT molecular complexity index is 882. The summed E-state index contributed by atoms with van der Waals surface area (Å²) in [6.45, 7) is 5.45. The van der Waals surface area contributed by atoms with Crippen molar-refractivity contribution in [1.29, 1.82) is 0 Å². The highest BCUT2D eigenvalue weighted by Gasteiger charge is 2.62. The van der Waals surface area contributed by atoms with Crippen molar-refractivity contribution in [2.75, 3.05) is 13.2 Å². The molecule has 0 aliphatic heterocycles. The average Bonchev–Trinajstić information content (AvgIpc) is 3.08. The van der Waals surface area contributed by atoms with Gasteiger partial charge < -0.3 is 20.8 Å². The second-order valence-electron chi connectivity index (χ2n) is 10.5. The van der Waals surface area contributed by atoms with E-state index >= 15 is 0 Å². The molecule has 34 heavy (non-hydrogen) atoms. The molecule has 0 amide bonds. The quantitative estimate of drug-likeness (QED) is 0.311. The van der Waals surface area contributed by atoms with Crippen LogP contribution in [-0.2, 0) is 24.0 Å². The second-order valence-corrected chi connectivity index (χ2v) is 10.5. The number of nitrogens with zero attached hydrogens (tertiary/aromatic N) is 1. The van der Waals surface area contributed by atoms with E-state index in [1.54, 1.807) is 0 Å². The first-order chi connectivity index (χ1) is 16.0. The normalized spacial score (nSPS) is 37.9. The van der Waals surface area contributed by atoms with Gasteiger partial charge in [-0.1, -0.05) is 19.0 Å². The molecule has 4 N–H and O–H groups in total. The second kappa shape index (κ2) is 10.4. The SMILES string of the molecule is C[C@]12CC/C(=N/OCCN)CC1CC(=O)[C@@H]1[C@@H]2CC[C@]2(C)C(=O)CC[C@@H]12.O=C(O)/C=C/C(=O)O. The van der Waals surface area contributed by atoms with Crippen molar-refractivity contribution in [1.82, 2.24) is 0 Å². The van der Waals surface area contributed by atoms with Crippen molar-refractivity contribution in [2.45, 2.75) is 65.2 Å². The van der Waals surface area contributed by atoms with Crippen LogP contribution in [0.3, 0.4) is 0 Å². The van der Waals surface area contributed by atoms with Crippen molar-refractivity contribution in [2.24, 2.45) is 45.4 Å². The van der Waals surface area contributed by atoms with Gasteiger partial charge in [0.25, 0.3) is 0 Å². The molecule has 4 aliphatic rings. The molecule has 4 fully saturated rings. The third-order valence-corrected chi connectivity index (χ3v) is 8.78. The summed E-state index contributed by atoms with van der Waals surface area (Å²) in [6, 6.07) is 0. The number of oxime groups is 1. The Morgan fingerprint density at radius 3 is 2.35 bits per heavy atom. The zero-order valence-electron chi connectivity index (χ0n) is 20.0. The predicted molar refractivity (Wildman–Crippen MR) is 124 cm³/mol. The summed E-state index contributed by atoms with van der Waals surface area (Å²) in [5.41, 5.74) is 6.50. The van der Waals surface area contributed by atoms with Crippen LogP contribution < -0.4 is 5.73 Å². The maximum absolute atomic E-state index is 13.2. The highest BCUT2D eigenvalue weighted by atomic mass is 16.6. The van der Waals surface area contributed by atoms with E-state index in [1.165, 1.54) is 0 Å². The fourth-order valence-corrected chi connectivity index (χ4v) is 6.93. The molecular formula is C25H36N2O7. The molecule has 0 aromatic rings. The molecule has 0 aromatic heterocycles. The molecule has 0 aromatic carbocycles. The van der Waals surface area contributed by atoms with E-state index < -0.39 is 11.9 Å². The van der Waals surface area contributed by atoms with Crippen molar-refractivity contribution in [3.63, 3.8) is 0 Å². The number of aliphatic carboxylic acids is 2. The van der Waals surface area contributed by atoms with Crippen molar-refractivity contribution in [3.8, 4) is 0 Å². The molecule has 9 heteroatoms. The molecule has 4 saturated carbocycles. The van der Waals surface area contributed by atoms with Gasteiger partial charge in [-0.3, -0.25) is 9.59 Å². The van der Waals surface area contributed by atoms with Crippen LogP contribution in [0.5, 0.6) is 0 Å². The van der Waals surface area contributed by atoms with Crippen LogP contribution in [0.4, 0.5) is 0 Å². The van der Waals surface area contributed by atoms with Crippen LogP contribution in [0.2, 0.25) is 0 Å². The molecule has 9 nitrogen and oxygen atoms in total. The van der Waals surface area contributed by atoms with E-state index in [1.807, 2.05) is 0 Å². The third kappa shape index (κ3) is 5.09. The zero-order chi connectivity index (χ0) is 25.1. The number of ketones is 2. The van der Waals surface area contributed by atoms with Gasteiger partial charge in [0.1, 0.15) is 18.2 Å². The third-order valence-electron chi connectivity index (χ3n) is 8.78. The number of fused-ring (bicyclic) bond motifs is 5. The lowest BCUT2D eigenvalue weighted by Gasteiger charge is -2.58. The lowest BCUT2D eigenvalue weighted by atomic mass is 9.45. The highest BCUT2D eigenvalue weighted by molar-refractivity contribution is 5.92. The molecule has 0 radical (unpaired) electrons. The van der Waals surface area contributed by atoms with Crippen LogP contribution in [0, 0.1) is 34.5 Å². The number of carbonyl (C=O) groups is 4. The van der Waals surface area contributed by atoms with Gasteiger partial charge in [-0.05, 0) is 61.7 Å². The van der Waals surface area contributed by atoms with Gasteiger partial charge in [-0.15, -0.1) is 0 Å². The Morgan fingerprint density at radius 2 is 1.74 bits per heavy atom. The molecule has 4 rings (SSSR count). The maximum Gasteiger partial charge on any atom is 0.328 e. The topological polar surface area (TPSA) is 156 Å². The first-order valence-corrected chi connectivity index (χ1v) is 12.1. The Hall–Kier alpha value is -2.55. The van der Waals surface area contributed by atoms with E-state index in [0.717, 1.165) is 44.2 Å². The van der Waals surface area contributed by atoms with Crippen LogP contribution in [0.15, 0.2) is 17.3 Å². The Balaban J connectivity index is 0.000000350. The van der Waals surface area contributed by atoms with Crippen molar-refractivity contribution < 1.29 is 34.2 Å². The van der Waals surface area contributed by atoms with Gasteiger partial charge >= 0.3 is 11.9 Å². The van der Waals surface area contributed by atoms with Crippen LogP contribution in [0.25, 0.3) is 0 Å². The molecule has 6 atom stereocenters. The van der Waals surface area contributed by atoms with E-state index in [2.05, 4.69) is 19.0 Å². The van der Waals surface area contributed by atoms with Crippen LogP contribution >= 0.6 is 0 Å². The highest BCUT2D eigenvalue weighted by Crippen LogP contribution is 2.64. The monoisotopic (exact) mass is 476 g/mol. The van der Waals surface area contributed by atoms with Crippen molar-refractivity contribution >= 4 is 29.2 Å². The molecular weight excluding hydrogens is 440 g/mol. The van der Waals surface area contributed by atoms with E-state index in [0.29, 0.717) is 61.5 Å². The van der Waals surface area contributed by atoms with E-state index in [-0.39, 0.29) is 22.7 Å². The van der Waals surface area contributed by atoms with Crippen LogP contribution in [0.1, 0.15) is 65.2 Å². The van der Waals surface area contributed by atoms with Gasteiger partial charge in [0.2, 0.25) is 0 Å². The number of nitrogens with two attached hydrogens (primary N) is 1. The molecule has 0 saturated heterocycles.